The zero-order valence-corrected chi connectivity index (χ0v) is 13.4. The minimum atomic E-state index is -0.218. The van der Waals surface area contributed by atoms with Crippen LogP contribution in [0.15, 0.2) is 24.3 Å². The molecule has 1 amide bonds. The van der Waals surface area contributed by atoms with Crippen LogP contribution in [0, 0.1) is 5.82 Å². The van der Waals surface area contributed by atoms with Gasteiger partial charge in [0.2, 0.25) is 5.91 Å². The Hall–Kier alpha value is -1.42. The summed E-state index contributed by atoms with van der Waals surface area (Å²) >= 11 is 0. The largest absolute Gasteiger partial charge is 0.339 e. The van der Waals surface area contributed by atoms with Gasteiger partial charge in [-0.2, -0.15) is 0 Å². The molecule has 2 rings (SSSR count). The van der Waals surface area contributed by atoms with Gasteiger partial charge in [-0.3, -0.25) is 4.79 Å². The fourth-order valence-corrected chi connectivity index (χ4v) is 3.12. The number of amides is 1. The fourth-order valence-electron chi connectivity index (χ4n) is 3.12. The molecule has 2 N–H and O–H groups in total. The third kappa shape index (κ3) is 5.09. The van der Waals surface area contributed by atoms with E-state index in [0.29, 0.717) is 19.0 Å². The summed E-state index contributed by atoms with van der Waals surface area (Å²) in [6, 6.07) is 7.00. The van der Waals surface area contributed by atoms with Crippen molar-refractivity contribution in [3.05, 3.63) is 35.6 Å². The topological polar surface area (TPSA) is 46.3 Å². The van der Waals surface area contributed by atoms with Gasteiger partial charge in [0.1, 0.15) is 5.82 Å². The number of carbonyl (C=O) groups excluding carboxylic acids is 1. The third-order valence-corrected chi connectivity index (χ3v) is 4.45. The highest BCUT2D eigenvalue weighted by Crippen LogP contribution is 2.24. The molecular weight excluding hydrogens is 279 g/mol. The van der Waals surface area contributed by atoms with Gasteiger partial charge >= 0.3 is 0 Å². The van der Waals surface area contributed by atoms with Gasteiger partial charge in [-0.15, -0.1) is 0 Å². The number of carbonyl (C=O) groups is 1. The third-order valence-electron chi connectivity index (χ3n) is 4.45. The average Bonchev–Trinajstić information content (AvgIpc) is 3.01. The highest BCUT2D eigenvalue weighted by Gasteiger charge is 2.26. The molecular formula is C18H27FN2O. The Morgan fingerprint density at radius 3 is 2.55 bits per heavy atom. The van der Waals surface area contributed by atoms with Crippen molar-refractivity contribution in [3.63, 3.8) is 0 Å². The van der Waals surface area contributed by atoms with Crippen molar-refractivity contribution in [2.24, 2.45) is 5.73 Å². The Morgan fingerprint density at radius 1 is 1.32 bits per heavy atom. The summed E-state index contributed by atoms with van der Waals surface area (Å²) < 4.78 is 13.0. The zero-order chi connectivity index (χ0) is 15.9. The second kappa shape index (κ2) is 8.28. The molecule has 0 spiro atoms. The van der Waals surface area contributed by atoms with Crippen LogP contribution in [0.4, 0.5) is 4.39 Å². The highest BCUT2D eigenvalue weighted by atomic mass is 19.1. The fraction of sp³-hybridized carbons (Fsp3) is 0.611. The molecule has 1 aromatic carbocycles. The molecule has 0 bridgehead atoms. The summed E-state index contributed by atoms with van der Waals surface area (Å²) in [4.78, 5) is 14.6. The van der Waals surface area contributed by atoms with Gasteiger partial charge in [-0.05, 0) is 50.3 Å². The van der Waals surface area contributed by atoms with Crippen LogP contribution in [0.2, 0.25) is 0 Å². The molecule has 1 atom stereocenters. The maximum absolute atomic E-state index is 13.0. The van der Waals surface area contributed by atoms with Gasteiger partial charge < -0.3 is 10.6 Å². The van der Waals surface area contributed by atoms with E-state index in [0.717, 1.165) is 31.2 Å². The van der Waals surface area contributed by atoms with Crippen LogP contribution in [0.25, 0.3) is 0 Å². The Morgan fingerprint density at radius 2 is 1.95 bits per heavy atom. The van der Waals surface area contributed by atoms with Crippen molar-refractivity contribution >= 4 is 5.91 Å². The molecule has 22 heavy (non-hydrogen) atoms. The summed E-state index contributed by atoms with van der Waals surface area (Å²) in [7, 11) is 0. The molecule has 1 aliphatic carbocycles. The molecule has 0 radical (unpaired) electrons. The van der Waals surface area contributed by atoms with E-state index in [2.05, 4.69) is 0 Å². The lowest BCUT2D eigenvalue weighted by Gasteiger charge is -2.29. The predicted molar refractivity (Wildman–Crippen MR) is 87.0 cm³/mol. The van der Waals surface area contributed by atoms with Crippen molar-refractivity contribution < 1.29 is 9.18 Å². The van der Waals surface area contributed by atoms with Gasteiger partial charge in [-0.25, -0.2) is 4.39 Å². The molecule has 3 nitrogen and oxygen atoms in total. The van der Waals surface area contributed by atoms with Crippen molar-refractivity contribution in [2.45, 2.75) is 64.0 Å². The molecule has 1 unspecified atom stereocenters. The Kier molecular flexibility index (Phi) is 6.37. The van der Waals surface area contributed by atoms with E-state index in [1.165, 1.54) is 25.0 Å². The molecule has 4 heteroatoms. The molecule has 1 saturated carbocycles. The number of nitrogens with zero attached hydrogens (tertiary/aromatic N) is 1. The van der Waals surface area contributed by atoms with E-state index < -0.39 is 0 Å². The van der Waals surface area contributed by atoms with Gasteiger partial charge in [0.15, 0.2) is 0 Å². The summed E-state index contributed by atoms with van der Waals surface area (Å²) in [6.07, 6.45) is 6.66. The van der Waals surface area contributed by atoms with E-state index in [1.54, 1.807) is 12.1 Å². The molecule has 1 aromatic rings. The number of benzene rings is 1. The van der Waals surface area contributed by atoms with Gasteiger partial charge in [0, 0.05) is 25.0 Å². The maximum Gasteiger partial charge on any atom is 0.222 e. The molecule has 0 heterocycles. The van der Waals surface area contributed by atoms with Gasteiger partial charge in [0.25, 0.3) is 0 Å². The normalized spacial score (nSPS) is 16.7. The van der Waals surface area contributed by atoms with Gasteiger partial charge in [0.05, 0.1) is 0 Å². The van der Waals surface area contributed by atoms with E-state index in [9.17, 15) is 9.18 Å². The Labute approximate surface area is 132 Å². The molecule has 122 valence electrons. The first kappa shape index (κ1) is 16.9. The van der Waals surface area contributed by atoms with Crippen LogP contribution in [0.5, 0.6) is 0 Å². The number of nitrogens with two attached hydrogens (primary N) is 1. The van der Waals surface area contributed by atoms with E-state index in [4.69, 9.17) is 5.73 Å². The monoisotopic (exact) mass is 306 g/mol. The first-order chi connectivity index (χ1) is 10.6. The number of halogens is 1. The van der Waals surface area contributed by atoms with Crippen LogP contribution in [0.3, 0.4) is 0 Å². The number of rotatable bonds is 7. The predicted octanol–water partition coefficient (Wildman–Crippen LogP) is 3.27. The quantitative estimate of drug-likeness (QED) is 0.840. The zero-order valence-electron chi connectivity index (χ0n) is 13.4. The lowest BCUT2D eigenvalue weighted by molar-refractivity contribution is -0.133. The average molecular weight is 306 g/mol. The summed E-state index contributed by atoms with van der Waals surface area (Å²) in [6.45, 7) is 2.65. The minimum absolute atomic E-state index is 0.0616. The van der Waals surface area contributed by atoms with Crippen molar-refractivity contribution in [1.82, 2.24) is 4.90 Å². The molecule has 1 aliphatic rings. The lowest BCUT2D eigenvalue weighted by atomic mass is 10.1. The van der Waals surface area contributed by atoms with Crippen molar-refractivity contribution in [3.8, 4) is 0 Å². The first-order valence-corrected chi connectivity index (χ1v) is 8.36. The second-order valence-corrected chi connectivity index (χ2v) is 6.42. The molecule has 0 saturated heterocycles. The summed E-state index contributed by atoms with van der Waals surface area (Å²) in [5.74, 6) is -0.00396. The van der Waals surface area contributed by atoms with Gasteiger partial charge in [-0.1, -0.05) is 25.0 Å². The Bertz CT molecular complexity index is 466. The molecule has 1 fully saturated rings. The van der Waals surface area contributed by atoms with E-state index >= 15 is 0 Å². The van der Waals surface area contributed by atoms with Crippen LogP contribution in [-0.4, -0.2) is 29.4 Å². The van der Waals surface area contributed by atoms with Crippen LogP contribution < -0.4 is 5.73 Å². The van der Waals surface area contributed by atoms with E-state index in [1.807, 2.05) is 11.8 Å². The Balaban J connectivity index is 1.94. The smallest absolute Gasteiger partial charge is 0.222 e. The number of hydrogen-bond donors (Lipinski definition) is 1. The molecule has 0 aliphatic heterocycles. The SMILES string of the molecule is CC(N)CCC(=O)N(CCc1ccc(F)cc1)C1CCCC1. The molecule has 0 aromatic heterocycles. The van der Waals surface area contributed by atoms with Crippen molar-refractivity contribution in [2.75, 3.05) is 6.54 Å². The van der Waals surface area contributed by atoms with Crippen LogP contribution in [-0.2, 0) is 11.2 Å². The standard InChI is InChI=1S/C18H27FN2O/c1-14(20)6-11-18(22)21(17-4-2-3-5-17)13-12-15-7-9-16(19)10-8-15/h7-10,14,17H,2-6,11-13,20H2,1H3. The second-order valence-electron chi connectivity index (χ2n) is 6.42. The van der Waals surface area contributed by atoms with Crippen LogP contribution in [0.1, 0.15) is 51.0 Å². The first-order valence-electron chi connectivity index (χ1n) is 8.36. The summed E-state index contributed by atoms with van der Waals surface area (Å²) in [5, 5.41) is 0. The summed E-state index contributed by atoms with van der Waals surface area (Å²) in [5.41, 5.74) is 6.84. The number of hydrogen-bond acceptors (Lipinski definition) is 2. The van der Waals surface area contributed by atoms with Crippen molar-refractivity contribution in [1.29, 1.82) is 0 Å². The minimum Gasteiger partial charge on any atom is -0.339 e. The van der Waals surface area contributed by atoms with E-state index in [-0.39, 0.29) is 17.8 Å². The maximum atomic E-state index is 13.0. The lowest BCUT2D eigenvalue weighted by Crippen LogP contribution is -2.40. The van der Waals surface area contributed by atoms with Crippen LogP contribution >= 0.6 is 0 Å². The highest BCUT2D eigenvalue weighted by molar-refractivity contribution is 5.76.